The summed E-state index contributed by atoms with van der Waals surface area (Å²) in [5.41, 5.74) is -0.684. The molecule has 2 saturated heterocycles. The maximum Gasteiger partial charge on any atom is 0.246 e. The maximum atomic E-state index is 14.1. The van der Waals surface area contributed by atoms with Gasteiger partial charge < -0.3 is 19.9 Å². The number of hydrogen-bond donors (Lipinski definition) is 2. The number of carbonyl (C=O) groups excluding carboxylic acids is 3. The molecule has 9 nitrogen and oxygen atoms in total. The summed E-state index contributed by atoms with van der Waals surface area (Å²) in [4.78, 5) is 42.6. The summed E-state index contributed by atoms with van der Waals surface area (Å²) in [6, 6.07) is 5.77. The van der Waals surface area contributed by atoms with Crippen molar-refractivity contribution in [3.8, 4) is 0 Å². The topological polar surface area (TPSA) is 114 Å². The van der Waals surface area contributed by atoms with Gasteiger partial charge in [-0.15, -0.1) is 0 Å². The molecule has 1 aromatic heterocycles. The Hall–Kier alpha value is -3.17. The van der Waals surface area contributed by atoms with Crippen LogP contribution < -0.4 is 15.5 Å². The lowest BCUT2D eigenvalue weighted by Crippen LogP contribution is -2.58. The molecule has 184 valence electrons. The lowest BCUT2D eigenvalue weighted by atomic mass is 9.74. The van der Waals surface area contributed by atoms with Crippen LogP contribution in [0.15, 0.2) is 40.9 Å². The summed E-state index contributed by atoms with van der Waals surface area (Å²) in [5.74, 6) is -2.12. The van der Waals surface area contributed by atoms with Crippen molar-refractivity contribution in [1.29, 1.82) is 0 Å². The van der Waals surface area contributed by atoms with Crippen LogP contribution in [-0.4, -0.2) is 46.2 Å². The van der Waals surface area contributed by atoms with Crippen LogP contribution >= 0.6 is 11.6 Å². The highest BCUT2D eigenvalue weighted by atomic mass is 35.5. The molecule has 2 fully saturated rings. The summed E-state index contributed by atoms with van der Waals surface area (Å²) in [6.45, 7) is 9.10. The molecule has 4 heterocycles. The molecule has 0 unspecified atom stereocenters. The largest absolute Gasteiger partial charge is 0.360 e. The SMILES string of the molecule is Cc1cc(NC(=O)[C@H]2[C@H]3C(=O)N(c4cccc(Cl)c4C)[C@H](C(=O)NC(C)(C)C)[C@]34C=C[C@H]2O4)no1. The molecule has 3 aliphatic heterocycles. The van der Waals surface area contributed by atoms with Crippen molar-refractivity contribution in [2.24, 2.45) is 11.8 Å². The fourth-order valence-corrected chi connectivity index (χ4v) is 5.53. The van der Waals surface area contributed by atoms with Gasteiger partial charge in [0, 0.05) is 22.3 Å². The predicted molar refractivity (Wildman–Crippen MR) is 129 cm³/mol. The average molecular weight is 499 g/mol. The lowest BCUT2D eigenvalue weighted by molar-refractivity contribution is -0.129. The molecule has 0 radical (unpaired) electrons. The number of nitrogens with zero attached hydrogens (tertiary/aromatic N) is 2. The molecule has 1 spiro atoms. The van der Waals surface area contributed by atoms with Crippen LogP contribution in [0.2, 0.25) is 5.02 Å². The number of rotatable bonds is 4. The zero-order valence-corrected chi connectivity index (χ0v) is 20.8. The summed E-state index contributed by atoms with van der Waals surface area (Å²) in [6.07, 6.45) is 2.87. The summed E-state index contributed by atoms with van der Waals surface area (Å²) in [5, 5.41) is 10.0. The van der Waals surface area contributed by atoms with Crippen molar-refractivity contribution < 1.29 is 23.6 Å². The van der Waals surface area contributed by atoms with E-state index < -0.39 is 41.0 Å². The summed E-state index contributed by atoms with van der Waals surface area (Å²) >= 11 is 6.38. The fraction of sp³-hybridized carbons (Fsp3) is 0.440. The van der Waals surface area contributed by atoms with Crippen molar-refractivity contribution in [2.45, 2.75) is 57.9 Å². The third kappa shape index (κ3) is 3.65. The normalized spacial score (nSPS) is 29.0. The molecule has 1 aromatic carbocycles. The van der Waals surface area contributed by atoms with Crippen LogP contribution in [-0.2, 0) is 19.1 Å². The standard InChI is InChI=1S/C25H27ClN4O5/c1-12-11-17(29-35-12)27-21(31)18-16-9-10-25(34-16)19(18)23(33)30(15-8-6-7-14(26)13(15)2)20(25)22(32)28-24(3,4)5/h6-11,16,18-20H,1-5H3,(H,28,32)(H,27,29,31)/t16-,18-,19+,20-,25+/m1/s1. The van der Waals surface area contributed by atoms with Gasteiger partial charge in [-0.3, -0.25) is 19.3 Å². The number of aryl methyl sites for hydroxylation is 1. The first-order valence-electron chi connectivity index (χ1n) is 11.4. The second-order valence-corrected chi connectivity index (χ2v) is 10.8. The third-order valence-electron chi connectivity index (χ3n) is 6.70. The van der Waals surface area contributed by atoms with Crippen LogP contribution in [0.4, 0.5) is 11.5 Å². The monoisotopic (exact) mass is 498 g/mol. The van der Waals surface area contributed by atoms with E-state index in [9.17, 15) is 14.4 Å². The van der Waals surface area contributed by atoms with Crippen LogP contribution in [0.5, 0.6) is 0 Å². The minimum absolute atomic E-state index is 0.253. The number of aromatic nitrogens is 1. The van der Waals surface area contributed by atoms with E-state index in [-0.39, 0.29) is 17.6 Å². The minimum Gasteiger partial charge on any atom is -0.360 e. The van der Waals surface area contributed by atoms with E-state index in [1.165, 1.54) is 4.90 Å². The van der Waals surface area contributed by atoms with E-state index in [2.05, 4.69) is 15.8 Å². The van der Waals surface area contributed by atoms with Crippen LogP contribution in [0.25, 0.3) is 0 Å². The van der Waals surface area contributed by atoms with Crippen LogP contribution in [0.3, 0.4) is 0 Å². The van der Waals surface area contributed by atoms with Crippen molar-refractivity contribution in [3.63, 3.8) is 0 Å². The average Bonchev–Trinajstić information content (AvgIpc) is 3.49. The Morgan fingerprint density at radius 2 is 1.94 bits per heavy atom. The van der Waals surface area contributed by atoms with Crippen molar-refractivity contribution in [1.82, 2.24) is 10.5 Å². The molecular formula is C25H27ClN4O5. The molecule has 10 heteroatoms. The number of benzene rings is 1. The quantitative estimate of drug-likeness (QED) is 0.626. The van der Waals surface area contributed by atoms with Crippen LogP contribution in [0, 0.1) is 25.7 Å². The molecule has 0 saturated carbocycles. The third-order valence-corrected chi connectivity index (χ3v) is 7.11. The Morgan fingerprint density at radius 1 is 1.20 bits per heavy atom. The van der Waals surface area contributed by atoms with E-state index in [1.54, 1.807) is 50.3 Å². The van der Waals surface area contributed by atoms with Gasteiger partial charge in [0.25, 0.3) is 0 Å². The smallest absolute Gasteiger partial charge is 0.246 e. The number of fused-ring (bicyclic) bond motifs is 1. The number of carbonyl (C=O) groups is 3. The number of amides is 3. The summed E-state index contributed by atoms with van der Waals surface area (Å²) in [7, 11) is 0. The first kappa shape index (κ1) is 23.6. The Labute approximate surface area is 207 Å². The van der Waals surface area contributed by atoms with Gasteiger partial charge in [-0.1, -0.05) is 35.0 Å². The zero-order chi connectivity index (χ0) is 25.3. The van der Waals surface area contributed by atoms with Gasteiger partial charge in [0.05, 0.1) is 17.9 Å². The Morgan fingerprint density at radius 3 is 2.60 bits per heavy atom. The molecule has 5 atom stereocenters. The number of hydrogen-bond acceptors (Lipinski definition) is 6. The minimum atomic E-state index is -1.30. The van der Waals surface area contributed by atoms with E-state index >= 15 is 0 Å². The molecule has 2 N–H and O–H groups in total. The fourth-order valence-electron chi connectivity index (χ4n) is 5.36. The van der Waals surface area contributed by atoms with Gasteiger partial charge in [-0.25, -0.2) is 0 Å². The molecule has 35 heavy (non-hydrogen) atoms. The van der Waals surface area contributed by atoms with Crippen molar-refractivity contribution in [2.75, 3.05) is 10.2 Å². The van der Waals surface area contributed by atoms with Gasteiger partial charge >= 0.3 is 0 Å². The maximum absolute atomic E-state index is 14.1. The van der Waals surface area contributed by atoms with Gasteiger partial charge in [-0.05, 0) is 52.3 Å². The van der Waals surface area contributed by atoms with Gasteiger partial charge in [-0.2, -0.15) is 0 Å². The number of nitrogens with one attached hydrogen (secondary N) is 2. The van der Waals surface area contributed by atoms with Gasteiger partial charge in [0.1, 0.15) is 17.4 Å². The zero-order valence-electron chi connectivity index (χ0n) is 20.1. The Bertz CT molecular complexity index is 1260. The first-order valence-corrected chi connectivity index (χ1v) is 11.8. The number of ether oxygens (including phenoxy) is 1. The van der Waals surface area contributed by atoms with Gasteiger partial charge in [0.15, 0.2) is 5.82 Å². The predicted octanol–water partition coefficient (Wildman–Crippen LogP) is 3.15. The van der Waals surface area contributed by atoms with Crippen molar-refractivity contribution >= 4 is 40.8 Å². The second kappa shape index (κ2) is 7.93. The summed E-state index contributed by atoms with van der Waals surface area (Å²) < 4.78 is 11.4. The molecule has 5 rings (SSSR count). The highest BCUT2D eigenvalue weighted by molar-refractivity contribution is 6.32. The van der Waals surface area contributed by atoms with Gasteiger partial charge in [0.2, 0.25) is 17.7 Å². The highest BCUT2D eigenvalue weighted by Gasteiger charge is 2.73. The van der Waals surface area contributed by atoms with E-state index in [4.69, 9.17) is 20.9 Å². The second-order valence-electron chi connectivity index (χ2n) is 10.3. The first-order chi connectivity index (χ1) is 16.4. The van der Waals surface area contributed by atoms with E-state index in [1.807, 2.05) is 20.8 Å². The molecule has 3 amide bonds. The molecule has 0 aliphatic carbocycles. The molecule has 2 aromatic rings. The van der Waals surface area contributed by atoms with Crippen molar-refractivity contribution in [3.05, 3.63) is 52.8 Å². The Kier molecular flexibility index (Phi) is 5.34. The Balaban J connectivity index is 1.59. The highest BCUT2D eigenvalue weighted by Crippen LogP contribution is 2.56. The van der Waals surface area contributed by atoms with E-state index in [0.29, 0.717) is 22.0 Å². The molecule has 3 aliphatic rings. The molecular weight excluding hydrogens is 472 g/mol. The number of anilines is 2. The van der Waals surface area contributed by atoms with E-state index in [0.717, 1.165) is 0 Å². The number of halogens is 1. The molecule has 2 bridgehead atoms. The van der Waals surface area contributed by atoms with Crippen LogP contribution in [0.1, 0.15) is 32.1 Å². The lowest BCUT2D eigenvalue weighted by Gasteiger charge is -2.35.